The topological polar surface area (TPSA) is 62.5 Å². The number of fused-ring (bicyclic) bond motifs is 1. The number of pyridine rings is 1. The van der Waals surface area contributed by atoms with Gasteiger partial charge in [-0.2, -0.15) is 0 Å². The Labute approximate surface area is 144 Å². The van der Waals surface area contributed by atoms with Crippen LogP contribution in [0.15, 0.2) is 48.9 Å². The molecule has 0 spiro atoms. The lowest BCUT2D eigenvalue weighted by molar-refractivity contribution is 0.0940. The first-order chi connectivity index (χ1) is 11.7. The molecular weight excluding hydrogens is 326 g/mol. The molecule has 0 radical (unpaired) electrons. The second kappa shape index (κ2) is 6.13. The zero-order valence-electron chi connectivity index (χ0n) is 12.9. The lowest BCUT2D eigenvalue weighted by Crippen LogP contribution is -2.37. The highest BCUT2D eigenvalue weighted by Crippen LogP contribution is 2.23. The van der Waals surface area contributed by atoms with Gasteiger partial charge in [0, 0.05) is 36.0 Å². The molecule has 1 fully saturated rings. The number of halogens is 1. The van der Waals surface area contributed by atoms with Gasteiger partial charge in [0.2, 0.25) is 0 Å². The van der Waals surface area contributed by atoms with E-state index in [2.05, 4.69) is 20.4 Å². The number of hydrogen-bond donors (Lipinski definition) is 1. The summed E-state index contributed by atoms with van der Waals surface area (Å²) in [6.07, 6.45) is 4.24. The average molecular weight is 342 g/mol. The maximum Gasteiger partial charge on any atom is 0.253 e. The third-order valence-electron chi connectivity index (χ3n) is 4.25. The Bertz CT molecular complexity index is 893. The molecular formula is C17H16ClN5O. The van der Waals surface area contributed by atoms with Gasteiger partial charge in [-0.25, -0.2) is 0 Å². The lowest BCUT2D eigenvalue weighted by Gasteiger charge is -2.19. The summed E-state index contributed by atoms with van der Waals surface area (Å²) in [5.41, 5.74) is 2.41. The highest BCUT2D eigenvalue weighted by Gasteiger charge is 2.24. The molecule has 1 atom stereocenters. The molecule has 4 rings (SSSR count). The summed E-state index contributed by atoms with van der Waals surface area (Å²) in [4.78, 5) is 14.7. The minimum Gasteiger partial charge on any atom is -0.369 e. The Kier molecular flexibility index (Phi) is 3.82. The average Bonchev–Trinajstić information content (AvgIpc) is 3.23. The summed E-state index contributed by atoms with van der Waals surface area (Å²) < 4.78 is 1.74. The number of nitrogens with zero attached hydrogens (tertiary/aromatic N) is 4. The van der Waals surface area contributed by atoms with Crippen LogP contribution < -0.4 is 10.2 Å². The molecule has 0 aliphatic carbocycles. The monoisotopic (exact) mass is 341 g/mol. The van der Waals surface area contributed by atoms with Gasteiger partial charge in [0.25, 0.3) is 5.91 Å². The van der Waals surface area contributed by atoms with Gasteiger partial charge in [0.1, 0.15) is 6.33 Å². The van der Waals surface area contributed by atoms with E-state index in [1.807, 2.05) is 24.3 Å². The summed E-state index contributed by atoms with van der Waals surface area (Å²) >= 11 is 6.05. The number of carbonyl (C=O) groups excluding carboxylic acids is 1. The number of anilines is 1. The molecule has 1 N–H and O–H groups in total. The largest absolute Gasteiger partial charge is 0.369 e. The van der Waals surface area contributed by atoms with Crippen LogP contribution in [0.25, 0.3) is 5.65 Å². The highest BCUT2D eigenvalue weighted by atomic mass is 35.5. The molecule has 1 aromatic carbocycles. The van der Waals surface area contributed by atoms with E-state index in [0.717, 1.165) is 35.9 Å². The molecule has 0 saturated carbocycles. The first kappa shape index (κ1) is 15.0. The van der Waals surface area contributed by atoms with Crippen molar-refractivity contribution in [3.63, 3.8) is 0 Å². The number of rotatable bonds is 3. The second-order valence-corrected chi connectivity index (χ2v) is 6.34. The molecule has 24 heavy (non-hydrogen) atoms. The summed E-state index contributed by atoms with van der Waals surface area (Å²) in [5, 5.41) is 11.6. The molecule has 3 heterocycles. The minimum absolute atomic E-state index is 0.0801. The van der Waals surface area contributed by atoms with E-state index >= 15 is 0 Å². The predicted octanol–water partition coefficient (Wildman–Crippen LogP) is 2.39. The summed E-state index contributed by atoms with van der Waals surface area (Å²) in [6.45, 7) is 1.68. The van der Waals surface area contributed by atoms with Crippen molar-refractivity contribution in [2.75, 3.05) is 18.0 Å². The quantitative estimate of drug-likeness (QED) is 0.794. The third-order valence-corrected chi connectivity index (χ3v) is 4.49. The fourth-order valence-corrected chi connectivity index (χ4v) is 3.20. The first-order valence-electron chi connectivity index (χ1n) is 7.80. The van der Waals surface area contributed by atoms with Crippen molar-refractivity contribution in [3.8, 4) is 0 Å². The number of aromatic nitrogens is 3. The maximum absolute atomic E-state index is 12.5. The van der Waals surface area contributed by atoms with Crippen LogP contribution in [0.5, 0.6) is 0 Å². The van der Waals surface area contributed by atoms with Crippen LogP contribution >= 0.6 is 11.6 Å². The predicted molar refractivity (Wildman–Crippen MR) is 92.5 cm³/mol. The SMILES string of the molecule is O=C(N[C@H]1CCN(c2cccc(Cl)c2)C1)c1ccc2nncn2c1. The summed E-state index contributed by atoms with van der Waals surface area (Å²) in [7, 11) is 0. The molecule has 1 aliphatic heterocycles. The van der Waals surface area contributed by atoms with Gasteiger partial charge in [0.15, 0.2) is 5.65 Å². The standard InChI is InChI=1S/C17H16ClN5O/c18-13-2-1-3-15(8-13)22-7-6-14(10-22)20-17(24)12-4-5-16-21-19-11-23(16)9-12/h1-5,8-9,11,14H,6-7,10H2,(H,20,24)/t14-/m0/s1. The highest BCUT2D eigenvalue weighted by molar-refractivity contribution is 6.30. The molecule has 1 saturated heterocycles. The van der Waals surface area contributed by atoms with Crippen LogP contribution in [0.3, 0.4) is 0 Å². The van der Waals surface area contributed by atoms with Crippen LogP contribution in [0.4, 0.5) is 5.69 Å². The first-order valence-corrected chi connectivity index (χ1v) is 8.17. The van der Waals surface area contributed by atoms with Crippen molar-refractivity contribution in [2.45, 2.75) is 12.5 Å². The van der Waals surface area contributed by atoms with Crippen molar-refractivity contribution in [1.29, 1.82) is 0 Å². The summed E-state index contributed by atoms with van der Waals surface area (Å²) in [6, 6.07) is 11.5. The number of nitrogens with one attached hydrogen (secondary N) is 1. The number of amides is 1. The van der Waals surface area contributed by atoms with Crippen LogP contribution in [-0.4, -0.2) is 39.6 Å². The van der Waals surface area contributed by atoms with Crippen molar-refractivity contribution < 1.29 is 4.79 Å². The fraction of sp³-hybridized carbons (Fsp3) is 0.235. The molecule has 7 heteroatoms. The number of carbonyl (C=O) groups is 1. The molecule has 6 nitrogen and oxygen atoms in total. The smallest absolute Gasteiger partial charge is 0.253 e. The Morgan fingerprint density at radius 2 is 2.21 bits per heavy atom. The molecule has 3 aromatic rings. The molecule has 0 bridgehead atoms. The van der Waals surface area contributed by atoms with E-state index in [9.17, 15) is 4.79 Å². The molecule has 1 amide bonds. The minimum atomic E-state index is -0.0801. The number of hydrogen-bond acceptors (Lipinski definition) is 4. The maximum atomic E-state index is 12.5. The van der Waals surface area contributed by atoms with Crippen LogP contribution in [0, 0.1) is 0 Å². The zero-order valence-corrected chi connectivity index (χ0v) is 13.6. The van der Waals surface area contributed by atoms with Gasteiger partial charge >= 0.3 is 0 Å². The van der Waals surface area contributed by atoms with Crippen LogP contribution in [0.2, 0.25) is 5.02 Å². The molecule has 122 valence electrons. The van der Waals surface area contributed by atoms with Gasteiger partial charge < -0.3 is 10.2 Å². The molecule has 1 aliphatic rings. The normalized spacial score (nSPS) is 17.4. The fourth-order valence-electron chi connectivity index (χ4n) is 3.02. The molecule has 0 unspecified atom stereocenters. The van der Waals surface area contributed by atoms with Gasteiger partial charge in [-0.3, -0.25) is 9.20 Å². The zero-order chi connectivity index (χ0) is 16.5. The van der Waals surface area contributed by atoms with E-state index in [1.54, 1.807) is 29.1 Å². The van der Waals surface area contributed by atoms with Crippen LogP contribution in [0.1, 0.15) is 16.8 Å². The van der Waals surface area contributed by atoms with E-state index in [1.165, 1.54) is 0 Å². The Balaban J connectivity index is 1.43. The van der Waals surface area contributed by atoms with Crippen molar-refractivity contribution in [1.82, 2.24) is 19.9 Å². The molecule has 2 aromatic heterocycles. The number of benzene rings is 1. The second-order valence-electron chi connectivity index (χ2n) is 5.90. The van der Waals surface area contributed by atoms with E-state index in [-0.39, 0.29) is 11.9 Å². The van der Waals surface area contributed by atoms with Crippen molar-refractivity contribution in [2.24, 2.45) is 0 Å². The lowest BCUT2D eigenvalue weighted by atomic mass is 10.2. The van der Waals surface area contributed by atoms with E-state index < -0.39 is 0 Å². The van der Waals surface area contributed by atoms with Gasteiger partial charge in [-0.05, 0) is 36.8 Å². The van der Waals surface area contributed by atoms with E-state index in [4.69, 9.17) is 11.6 Å². The Morgan fingerprint density at radius 1 is 1.29 bits per heavy atom. The Hall–Kier alpha value is -2.60. The Morgan fingerprint density at radius 3 is 3.08 bits per heavy atom. The third kappa shape index (κ3) is 2.92. The van der Waals surface area contributed by atoms with Crippen molar-refractivity contribution in [3.05, 3.63) is 59.5 Å². The van der Waals surface area contributed by atoms with Gasteiger partial charge in [0.05, 0.1) is 5.56 Å². The van der Waals surface area contributed by atoms with Crippen LogP contribution in [-0.2, 0) is 0 Å². The van der Waals surface area contributed by atoms with Gasteiger partial charge in [-0.15, -0.1) is 10.2 Å². The van der Waals surface area contributed by atoms with Crippen molar-refractivity contribution >= 4 is 28.8 Å². The van der Waals surface area contributed by atoms with E-state index in [0.29, 0.717) is 5.56 Å². The van der Waals surface area contributed by atoms with Gasteiger partial charge in [-0.1, -0.05) is 17.7 Å². The summed E-state index contributed by atoms with van der Waals surface area (Å²) in [5.74, 6) is -0.0801.